The van der Waals surface area contributed by atoms with Crippen LogP contribution in [0.1, 0.15) is 46.1 Å². The van der Waals surface area contributed by atoms with Crippen LogP contribution in [-0.4, -0.2) is 52.1 Å². The fourth-order valence-electron chi connectivity index (χ4n) is 3.26. The Morgan fingerprint density at radius 3 is 2.34 bits per heavy atom. The zero-order valence-electron chi connectivity index (χ0n) is 19.2. The molecule has 1 fully saturated rings. The largest absolute Gasteiger partial charge is 0.497 e. The molecule has 0 amide bonds. The van der Waals surface area contributed by atoms with E-state index in [9.17, 15) is 5.11 Å². The van der Waals surface area contributed by atoms with Gasteiger partial charge in [-0.2, -0.15) is 0 Å². The van der Waals surface area contributed by atoms with E-state index in [-0.39, 0.29) is 35.9 Å². The summed E-state index contributed by atoms with van der Waals surface area (Å²) < 4.78 is 23.5. The minimum atomic E-state index is -1.88. The van der Waals surface area contributed by atoms with E-state index in [1.54, 1.807) is 7.11 Å². The molecule has 0 unspecified atom stereocenters. The van der Waals surface area contributed by atoms with Crippen molar-refractivity contribution in [2.75, 3.05) is 20.3 Å². The van der Waals surface area contributed by atoms with Gasteiger partial charge < -0.3 is 23.7 Å². The standard InChI is InChI=1S/C23H40O5Si/c1-17(22-21(15-24)27-22)20(28-29(6,7)23(2,3)4)9-8-14-26-16-18-10-12-19(25-5)13-11-18/h10-13,17,20-22,24H,8-9,14-16H2,1-7H3/t17-,20+,21-,22-/m1/s1. The number of methoxy groups -OCH3 is 1. The van der Waals surface area contributed by atoms with Gasteiger partial charge in [-0.1, -0.05) is 39.8 Å². The lowest BCUT2D eigenvalue weighted by Gasteiger charge is -2.41. The molecule has 1 saturated heterocycles. The lowest BCUT2D eigenvalue weighted by molar-refractivity contribution is 0.0727. The van der Waals surface area contributed by atoms with Crippen molar-refractivity contribution in [2.24, 2.45) is 5.92 Å². The number of aliphatic hydroxyl groups is 1. The quantitative estimate of drug-likeness (QED) is 0.297. The molecule has 1 aliphatic rings. The topological polar surface area (TPSA) is 60.5 Å². The van der Waals surface area contributed by atoms with Gasteiger partial charge in [-0.05, 0) is 48.7 Å². The Kier molecular flexibility index (Phi) is 8.73. The van der Waals surface area contributed by atoms with E-state index in [0.29, 0.717) is 13.2 Å². The smallest absolute Gasteiger partial charge is 0.192 e. The second kappa shape index (κ2) is 10.4. The number of epoxide rings is 1. The number of hydrogen-bond donors (Lipinski definition) is 1. The second-order valence-electron chi connectivity index (χ2n) is 9.64. The van der Waals surface area contributed by atoms with Gasteiger partial charge in [0.15, 0.2) is 8.32 Å². The third kappa shape index (κ3) is 7.07. The van der Waals surface area contributed by atoms with Gasteiger partial charge in [0.25, 0.3) is 0 Å². The summed E-state index contributed by atoms with van der Waals surface area (Å²) >= 11 is 0. The highest BCUT2D eigenvalue weighted by Crippen LogP contribution is 2.41. The highest BCUT2D eigenvalue weighted by atomic mass is 28.4. The number of benzene rings is 1. The van der Waals surface area contributed by atoms with E-state index in [1.165, 1.54) is 0 Å². The Hall–Kier alpha value is -0.923. The molecule has 1 aliphatic heterocycles. The highest BCUT2D eigenvalue weighted by Gasteiger charge is 2.47. The molecule has 4 atom stereocenters. The Morgan fingerprint density at radius 2 is 1.83 bits per heavy atom. The number of hydrogen-bond acceptors (Lipinski definition) is 5. The van der Waals surface area contributed by atoms with Crippen LogP contribution in [0.4, 0.5) is 0 Å². The van der Waals surface area contributed by atoms with Gasteiger partial charge in [-0.3, -0.25) is 0 Å². The fourth-order valence-corrected chi connectivity index (χ4v) is 4.70. The monoisotopic (exact) mass is 424 g/mol. The molecule has 0 radical (unpaired) electrons. The van der Waals surface area contributed by atoms with E-state index < -0.39 is 8.32 Å². The summed E-state index contributed by atoms with van der Waals surface area (Å²) in [5, 5.41) is 9.53. The van der Waals surface area contributed by atoms with Crippen molar-refractivity contribution in [1.29, 1.82) is 0 Å². The first-order valence-corrected chi connectivity index (χ1v) is 13.6. The van der Waals surface area contributed by atoms with E-state index in [0.717, 1.165) is 24.2 Å². The first-order chi connectivity index (χ1) is 13.6. The zero-order valence-corrected chi connectivity index (χ0v) is 20.2. The minimum Gasteiger partial charge on any atom is -0.497 e. The first kappa shape index (κ1) is 24.3. The molecule has 0 bridgehead atoms. The summed E-state index contributed by atoms with van der Waals surface area (Å²) in [5.41, 5.74) is 1.14. The fraction of sp³-hybridized carbons (Fsp3) is 0.739. The van der Waals surface area contributed by atoms with E-state index in [1.807, 2.05) is 24.3 Å². The Labute approximate surface area is 177 Å². The van der Waals surface area contributed by atoms with Crippen LogP contribution >= 0.6 is 0 Å². The van der Waals surface area contributed by atoms with Gasteiger partial charge in [0, 0.05) is 12.5 Å². The lowest BCUT2D eigenvalue weighted by Crippen LogP contribution is -2.46. The summed E-state index contributed by atoms with van der Waals surface area (Å²) in [4.78, 5) is 0. The molecular weight excluding hydrogens is 384 g/mol. The Bertz CT molecular complexity index is 611. The van der Waals surface area contributed by atoms with Gasteiger partial charge in [0.2, 0.25) is 0 Å². The molecule has 166 valence electrons. The molecule has 0 spiro atoms. The summed E-state index contributed by atoms with van der Waals surface area (Å²) in [6, 6.07) is 7.97. The van der Waals surface area contributed by atoms with Crippen LogP contribution in [0.5, 0.6) is 5.75 Å². The van der Waals surface area contributed by atoms with Gasteiger partial charge in [-0.25, -0.2) is 0 Å². The van der Waals surface area contributed by atoms with Crippen LogP contribution in [0.25, 0.3) is 0 Å². The predicted molar refractivity (Wildman–Crippen MR) is 119 cm³/mol. The average molecular weight is 425 g/mol. The number of rotatable bonds is 12. The first-order valence-electron chi connectivity index (χ1n) is 10.7. The molecule has 1 aromatic carbocycles. The van der Waals surface area contributed by atoms with Crippen molar-refractivity contribution in [2.45, 2.75) is 83.6 Å². The average Bonchev–Trinajstić information content (AvgIpc) is 3.45. The third-order valence-electron chi connectivity index (χ3n) is 6.36. The molecule has 1 N–H and O–H groups in total. The number of aliphatic hydroxyl groups excluding tert-OH is 1. The van der Waals surface area contributed by atoms with Crippen molar-refractivity contribution in [3.05, 3.63) is 29.8 Å². The van der Waals surface area contributed by atoms with E-state index >= 15 is 0 Å². The molecule has 0 aromatic heterocycles. The van der Waals surface area contributed by atoms with Crippen molar-refractivity contribution >= 4 is 8.32 Å². The van der Waals surface area contributed by atoms with E-state index in [2.05, 4.69) is 40.8 Å². The van der Waals surface area contributed by atoms with Crippen molar-refractivity contribution in [3.8, 4) is 5.75 Å². The highest BCUT2D eigenvalue weighted by molar-refractivity contribution is 6.74. The second-order valence-corrected chi connectivity index (χ2v) is 14.4. The molecular formula is C23H40O5Si. The summed E-state index contributed by atoms with van der Waals surface area (Å²) in [7, 11) is -0.211. The van der Waals surface area contributed by atoms with Crippen LogP contribution in [0.15, 0.2) is 24.3 Å². The maximum atomic E-state index is 9.37. The molecule has 0 saturated carbocycles. The summed E-state index contributed by atoms with van der Waals surface area (Å²) in [5.74, 6) is 1.12. The molecule has 5 nitrogen and oxygen atoms in total. The van der Waals surface area contributed by atoms with Crippen molar-refractivity contribution < 1.29 is 23.7 Å². The molecule has 29 heavy (non-hydrogen) atoms. The third-order valence-corrected chi connectivity index (χ3v) is 10.9. The normalized spacial score (nSPS) is 21.7. The maximum Gasteiger partial charge on any atom is 0.192 e. The van der Waals surface area contributed by atoms with Crippen LogP contribution < -0.4 is 4.74 Å². The number of ether oxygens (including phenoxy) is 3. The van der Waals surface area contributed by atoms with Gasteiger partial charge in [-0.15, -0.1) is 0 Å². The van der Waals surface area contributed by atoms with Gasteiger partial charge in [0.1, 0.15) is 11.9 Å². The molecule has 2 rings (SSSR count). The molecule has 1 aromatic rings. The van der Waals surface area contributed by atoms with Crippen LogP contribution in [-0.2, 0) is 20.5 Å². The van der Waals surface area contributed by atoms with Crippen molar-refractivity contribution in [1.82, 2.24) is 0 Å². The minimum absolute atomic E-state index is 0.0261. The van der Waals surface area contributed by atoms with Gasteiger partial charge in [0.05, 0.1) is 32.5 Å². The molecule has 0 aliphatic carbocycles. The van der Waals surface area contributed by atoms with Crippen LogP contribution in [0.2, 0.25) is 18.1 Å². The summed E-state index contributed by atoms with van der Waals surface area (Å²) in [6.07, 6.45) is 2.09. The van der Waals surface area contributed by atoms with E-state index in [4.69, 9.17) is 18.6 Å². The zero-order chi connectivity index (χ0) is 21.7. The Morgan fingerprint density at radius 1 is 1.17 bits per heavy atom. The predicted octanol–water partition coefficient (Wildman–Crippen LogP) is 4.78. The van der Waals surface area contributed by atoms with Crippen molar-refractivity contribution in [3.63, 3.8) is 0 Å². The van der Waals surface area contributed by atoms with Crippen LogP contribution in [0, 0.1) is 5.92 Å². The van der Waals surface area contributed by atoms with Gasteiger partial charge >= 0.3 is 0 Å². The maximum absolute atomic E-state index is 9.37. The summed E-state index contributed by atoms with van der Waals surface area (Å²) in [6.45, 7) is 15.0. The lowest BCUT2D eigenvalue weighted by atomic mass is 9.95. The molecule has 6 heteroatoms. The Balaban J connectivity index is 1.84. The molecule has 1 heterocycles. The van der Waals surface area contributed by atoms with Crippen LogP contribution in [0.3, 0.4) is 0 Å². The SMILES string of the molecule is COc1ccc(COCCC[C@H](O[Si](C)(C)C(C)(C)C)[C@@H](C)[C@H]2O[C@@H]2CO)cc1.